The second kappa shape index (κ2) is 12.0. The largest absolute Gasteiger partial charge is 0.496 e. The monoisotopic (exact) mass is 626 g/mol. The average Bonchev–Trinajstić information content (AvgIpc) is 3.20. The van der Waals surface area contributed by atoms with Crippen LogP contribution in [0.2, 0.25) is 0 Å². The summed E-state index contributed by atoms with van der Waals surface area (Å²) in [5.74, 6) is 0.435. The minimum absolute atomic E-state index is 0.0528. The van der Waals surface area contributed by atoms with E-state index in [0.29, 0.717) is 43.0 Å². The molecule has 1 unspecified atom stereocenters. The van der Waals surface area contributed by atoms with Crippen LogP contribution < -0.4 is 9.64 Å². The predicted molar refractivity (Wildman–Crippen MR) is 153 cm³/mol. The van der Waals surface area contributed by atoms with E-state index in [1.165, 1.54) is 18.9 Å². The molecule has 1 fully saturated rings. The normalized spacial score (nSPS) is 20.5. The van der Waals surface area contributed by atoms with E-state index in [4.69, 9.17) is 9.47 Å². The Morgan fingerprint density at radius 1 is 1.07 bits per heavy atom. The van der Waals surface area contributed by atoms with Crippen molar-refractivity contribution in [2.24, 2.45) is 5.41 Å². The SMILES string of the molecule is CCN(C(C)=O)c1ccc(OC)c(C2=C(CN3C(=O)OC(c4cc(C(F)(F)F)cc(C(F)(F)F)c4)[C@@H]3C)CC(C)(C)CC2)c1. The second-order valence-corrected chi connectivity index (χ2v) is 12.1. The van der Waals surface area contributed by atoms with E-state index in [-0.39, 0.29) is 29.5 Å². The average molecular weight is 627 g/mol. The van der Waals surface area contributed by atoms with Crippen LogP contribution >= 0.6 is 0 Å². The molecular weight excluding hydrogens is 590 g/mol. The van der Waals surface area contributed by atoms with Crippen molar-refractivity contribution in [1.82, 2.24) is 4.90 Å². The summed E-state index contributed by atoms with van der Waals surface area (Å²) in [6.07, 6.45) is -10.2. The molecule has 1 heterocycles. The van der Waals surface area contributed by atoms with Crippen molar-refractivity contribution >= 4 is 23.3 Å². The standard InChI is InChI=1S/C32H36F6N2O4/c1-7-39(19(3)41)24-8-9-27(43-6)26(15-24)25-10-11-30(4,5)16-21(25)17-40-18(2)28(44-29(40)42)20-12-22(31(33,34)35)14-23(13-20)32(36,37)38/h8-9,12-15,18,28H,7,10-11,16-17H2,1-6H3/t18-,28?/m0/s1. The molecule has 1 saturated heterocycles. The highest BCUT2D eigenvalue weighted by atomic mass is 19.4. The lowest BCUT2D eigenvalue weighted by molar-refractivity contribution is -0.143. The quantitative estimate of drug-likeness (QED) is 0.289. The van der Waals surface area contributed by atoms with Gasteiger partial charge in [0.2, 0.25) is 5.91 Å². The summed E-state index contributed by atoms with van der Waals surface area (Å²) in [7, 11) is 1.53. The molecule has 0 spiro atoms. The van der Waals surface area contributed by atoms with Crippen molar-refractivity contribution in [3.05, 3.63) is 64.2 Å². The van der Waals surface area contributed by atoms with Crippen molar-refractivity contribution in [3.63, 3.8) is 0 Å². The molecule has 0 saturated carbocycles. The molecule has 0 N–H and O–H groups in total. The van der Waals surface area contributed by atoms with Gasteiger partial charge in [-0.2, -0.15) is 26.3 Å². The molecule has 44 heavy (non-hydrogen) atoms. The summed E-state index contributed by atoms with van der Waals surface area (Å²) < 4.78 is 92.4. The third-order valence-corrected chi connectivity index (χ3v) is 8.38. The molecule has 2 aromatic rings. The van der Waals surface area contributed by atoms with Crippen LogP contribution in [0.25, 0.3) is 5.57 Å². The Labute approximate surface area is 252 Å². The first-order valence-corrected chi connectivity index (χ1v) is 14.3. The van der Waals surface area contributed by atoms with Gasteiger partial charge in [-0.05, 0) is 91.6 Å². The highest BCUT2D eigenvalue weighted by molar-refractivity contribution is 5.92. The van der Waals surface area contributed by atoms with Gasteiger partial charge in [-0.1, -0.05) is 13.8 Å². The highest BCUT2D eigenvalue weighted by Crippen LogP contribution is 2.47. The second-order valence-electron chi connectivity index (χ2n) is 12.1. The van der Waals surface area contributed by atoms with Crippen LogP contribution in [0, 0.1) is 5.41 Å². The zero-order valence-electron chi connectivity index (χ0n) is 25.4. The van der Waals surface area contributed by atoms with Gasteiger partial charge in [0.05, 0.1) is 24.3 Å². The van der Waals surface area contributed by atoms with Crippen molar-refractivity contribution in [1.29, 1.82) is 0 Å². The molecule has 1 aliphatic heterocycles. The van der Waals surface area contributed by atoms with Gasteiger partial charge in [0.1, 0.15) is 11.9 Å². The third-order valence-electron chi connectivity index (χ3n) is 8.38. The van der Waals surface area contributed by atoms with E-state index >= 15 is 0 Å². The Hall–Kier alpha value is -3.70. The molecule has 6 nitrogen and oxygen atoms in total. The maximum atomic E-state index is 13.5. The van der Waals surface area contributed by atoms with E-state index in [9.17, 15) is 35.9 Å². The third kappa shape index (κ3) is 6.83. The Bertz CT molecular complexity index is 1430. The Morgan fingerprint density at radius 2 is 1.68 bits per heavy atom. The number of nitrogens with zero attached hydrogens (tertiary/aromatic N) is 2. The number of carbonyl (C=O) groups excluding carboxylic acids is 2. The lowest BCUT2D eigenvalue weighted by Crippen LogP contribution is -2.35. The number of anilines is 1. The van der Waals surface area contributed by atoms with Gasteiger partial charge in [-0.15, -0.1) is 0 Å². The Kier molecular flexibility index (Phi) is 9.06. The number of carbonyl (C=O) groups is 2. The highest BCUT2D eigenvalue weighted by Gasteiger charge is 2.44. The van der Waals surface area contributed by atoms with Crippen molar-refractivity contribution in [3.8, 4) is 5.75 Å². The van der Waals surface area contributed by atoms with Crippen LogP contribution in [-0.2, 0) is 21.9 Å². The molecule has 2 aromatic carbocycles. The summed E-state index contributed by atoms with van der Waals surface area (Å²) in [6, 6.07) is 5.82. The van der Waals surface area contributed by atoms with E-state index in [1.54, 1.807) is 24.0 Å². The molecular formula is C32H36F6N2O4. The van der Waals surface area contributed by atoms with E-state index in [2.05, 4.69) is 13.8 Å². The van der Waals surface area contributed by atoms with Gasteiger partial charge in [0.15, 0.2) is 0 Å². The molecule has 12 heteroatoms. The topological polar surface area (TPSA) is 59.1 Å². The fourth-order valence-corrected chi connectivity index (χ4v) is 6.08. The van der Waals surface area contributed by atoms with Gasteiger partial charge >= 0.3 is 18.4 Å². The minimum Gasteiger partial charge on any atom is -0.496 e. The molecule has 0 radical (unpaired) electrons. The zero-order valence-corrected chi connectivity index (χ0v) is 25.4. The van der Waals surface area contributed by atoms with Gasteiger partial charge < -0.3 is 14.4 Å². The van der Waals surface area contributed by atoms with E-state index in [0.717, 1.165) is 23.1 Å². The van der Waals surface area contributed by atoms with Gasteiger partial charge in [-0.3, -0.25) is 9.69 Å². The molecule has 2 aliphatic rings. The number of cyclic esters (lactones) is 1. The van der Waals surface area contributed by atoms with E-state index < -0.39 is 41.7 Å². The van der Waals surface area contributed by atoms with Crippen LogP contribution in [0.1, 0.15) is 82.2 Å². The summed E-state index contributed by atoms with van der Waals surface area (Å²) in [5.41, 5.74) is -0.272. The number of ether oxygens (including phenoxy) is 2. The molecule has 2 amide bonds. The molecule has 0 aromatic heterocycles. The predicted octanol–water partition coefficient (Wildman–Crippen LogP) is 8.65. The van der Waals surface area contributed by atoms with Crippen molar-refractivity contribution < 1.29 is 45.4 Å². The van der Waals surface area contributed by atoms with Crippen molar-refractivity contribution in [2.75, 3.05) is 25.1 Å². The summed E-state index contributed by atoms with van der Waals surface area (Å²) >= 11 is 0. The van der Waals surface area contributed by atoms with Gasteiger partial charge in [-0.25, -0.2) is 4.79 Å². The maximum Gasteiger partial charge on any atom is 0.416 e. The smallest absolute Gasteiger partial charge is 0.416 e. The molecule has 1 aliphatic carbocycles. The summed E-state index contributed by atoms with van der Waals surface area (Å²) in [5, 5.41) is 0. The van der Waals surface area contributed by atoms with Gasteiger partial charge in [0, 0.05) is 31.3 Å². The fourth-order valence-electron chi connectivity index (χ4n) is 6.08. The molecule has 2 atom stereocenters. The number of hydrogen-bond donors (Lipinski definition) is 0. The Balaban J connectivity index is 1.76. The molecule has 0 bridgehead atoms. The van der Waals surface area contributed by atoms with Crippen LogP contribution in [0.5, 0.6) is 5.75 Å². The summed E-state index contributed by atoms with van der Waals surface area (Å²) in [4.78, 5) is 28.4. The van der Waals surface area contributed by atoms with Crippen molar-refractivity contribution in [2.45, 2.75) is 78.4 Å². The minimum atomic E-state index is -5.03. The fraction of sp³-hybridized carbons (Fsp3) is 0.500. The first-order chi connectivity index (χ1) is 20.4. The Morgan fingerprint density at radius 3 is 2.20 bits per heavy atom. The van der Waals surface area contributed by atoms with Gasteiger partial charge in [0.25, 0.3) is 0 Å². The number of benzene rings is 2. The lowest BCUT2D eigenvalue weighted by atomic mass is 9.72. The number of alkyl halides is 6. The first kappa shape index (κ1) is 33.2. The summed E-state index contributed by atoms with van der Waals surface area (Å²) in [6.45, 7) is 9.55. The number of hydrogen-bond acceptors (Lipinski definition) is 4. The molecule has 240 valence electrons. The number of amides is 2. The zero-order chi connectivity index (χ0) is 32.8. The van der Waals surface area contributed by atoms with Crippen LogP contribution in [0.3, 0.4) is 0 Å². The first-order valence-electron chi connectivity index (χ1n) is 14.3. The van der Waals surface area contributed by atoms with Crippen LogP contribution in [0.15, 0.2) is 42.0 Å². The van der Waals surface area contributed by atoms with Crippen LogP contribution in [-0.4, -0.2) is 43.1 Å². The number of allylic oxidation sites excluding steroid dienone is 1. The lowest BCUT2D eigenvalue weighted by Gasteiger charge is -2.36. The number of halogens is 6. The number of rotatable bonds is 7. The maximum absolute atomic E-state index is 13.5. The number of methoxy groups -OCH3 is 1. The molecule has 4 rings (SSSR count). The van der Waals surface area contributed by atoms with Crippen LogP contribution in [0.4, 0.5) is 36.8 Å². The van der Waals surface area contributed by atoms with E-state index in [1.807, 2.05) is 13.0 Å².